The maximum atomic E-state index is 5.85. The van der Waals surface area contributed by atoms with Crippen molar-refractivity contribution < 1.29 is 0 Å². The minimum absolute atomic E-state index is 0.0784. The molecule has 3 aromatic rings. The maximum Gasteiger partial charge on any atom is 0.180 e. The number of nitrogens with zero attached hydrogens (tertiary/aromatic N) is 1. The lowest BCUT2D eigenvalue weighted by Gasteiger charge is -2.42. The van der Waals surface area contributed by atoms with Gasteiger partial charge in [-0.15, -0.1) is 11.3 Å². The van der Waals surface area contributed by atoms with Crippen molar-refractivity contribution in [3.8, 4) is 0 Å². The number of hydrogen-bond acceptors (Lipinski definition) is 3. The first kappa shape index (κ1) is 11.9. The van der Waals surface area contributed by atoms with Gasteiger partial charge in [-0.2, -0.15) is 0 Å². The van der Waals surface area contributed by atoms with Gasteiger partial charge in [-0.3, -0.25) is 0 Å². The fraction of sp³-hybridized carbons (Fsp3) is 0.235. The second kappa shape index (κ2) is 4.32. The molecule has 2 N–H and O–H groups in total. The first-order valence-corrected chi connectivity index (χ1v) is 7.87. The van der Waals surface area contributed by atoms with Crippen LogP contribution in [-0.4, -0.2) is 4.98 Å². The Labute approximate surface area is 122 Å². The van der Waals surface area contributed by atoms with E-state index in [1.54, 1.807) is 11.3 Å². The van der Waals surface area contributed by atoms with E-state index in [0.29, 0.717) is 5.13 Å². The number of hydrogen-bond donors (Lipinski definition) is 1. The molecule has 0 radical (unpaired) electrons. The molecule has 2 nitrogen and oxygen atoms in total. The molecule has 20 heavy (non-hydrogen) atoms. The zero-order chi connectivity index (χ0) is 13.6. The highest BCUT2D eigenvalue weighted by molar-refractivity contribution is 7.13. The normalized spacial score (nSPS) is 17.0. The van der Waals surface area contributed by atoms with Crippen LogP contribution in [0.1, 0.15) is 30.5 Å². The predicted molar refractivity (Wildman–Crippen MR) is 85.1 cm³/mol. The van der Waals surface area contributed by atoms with E-state index in [9.17, 15) is 0 Å². The molecule has 1 saturated carbocycles. The third-order valence-electron chi connectivity index (χ3n) is 4.52. The van der Waals surface area contributed by atoms with E-state index in [2.05, 4.69) is 52.8 Å². The van der Waals surface area contributed by atoms with Crippen LogP contribution in [0.4, 0.5) is 5.13 Å². The highest BCUT2D eigenvalue weighted by atomic mass is 32.1. The van der Waals surface area contributed by atoms with Crippen molar-refractivity contribution >= 4 is 27.2 Å². The molecule has 0 atom stereocenters. The van der Waals surface area contributed by atoms with Gasteiger partial charge in [0.2, 0.25) is 0 Å². The molecule has 1 heterocycles. The van der Waals surface area contributed by atoms with E-state index >= 15 is 0 Å². The van der Waals surface area contributed by atoms with E-state index in [4.69, 9.17) is 5.73 Å². The average Bonchev–Trinajstić information content (AvgIpc) is 2.85. The lowest BCUT2D eigenvalue weighted by atomic mass is 9.62. The van der Waals surface area contributed by atoms with E-state index in [1.165, 1.54) is 35.6 Å². The average molecular weight is 280 g/mol. The summed E-state index contributed by atoms with van der Waals surface area (Å²) in [5.74, 6) is 0. The number of thiazole rings is 1. The van der Waals surface area contributed by atoms with Gasteiger partial charge in [0.15, 0.2) is 5.13 Å². The molecule has 100 valence electrons. The maximum absolute atomic E-state index is 5.85. The largest absolute Gasteiger partial charge is 0.375 e. The standard InChI is InChI=1S/C17H16N2S/c18-16-19-15(11-20-16)17(9-4-10-17)14-8-3-6-12-5-1-2-7-13(12)14/h1-3,5-8,11H,4,9-10H2,(H2,18,19). The topological polar surface area (TPSA) is 38.9 Å². The van der Waals surface area contributed by atoms with Gasteiger partial charge in [0.05, 0.1) is 5.69 Å². The van der Waals surface area contributed by atoms with Crippen molar-refractivity contribution in [3.63, 3.8) is 0 Å². The van der Waals surface area contributed by atoms with Crippen molar-refractivity contribution in [1.82, 2.24) is 4.98 Å². The Kier molecular flexibility index (Phi) is 2.57. The summed E-state index contributed by atoms with van der Waals surface area (Å²) in [7, 11) is 0. The molecule has 0 aliphatic heterocycles. The summed E-state index contributed by atoms with van der Waals surface area (Å²) in [6.07, 6.45) is 3.61. The summed E-state index contributed by atoms with van der Waals surface area (Å²) < 4.78 is 0. The molecule has 0 spiro atoms. The predicted octanol–water partition coefficient (Wildman–Crippen LogP) is 4.35. The minimum atomic E-state index is 0.0784. The van der Waals surface area contributed by atoms with E-state index in [1.807, 2.05) is 0 Å². The molecule has 1 aliphatic carbocycles. The Morgan fingerprint density at radius 1 is 1.05 bits per heavy atom. The van der Waals surface area contributed by atoms with Crippen LogP contribution < -0.4 is 5.73 Å². The first-order valence-electron chi connectivity index (χ1n) is 6.99. The fourth-order valence-electron chi connectivity index (χ4n) is 3.34. The van der Waals surface area contributed by atoms with Crippen LogP contribution in [0.25, 0.3) is 10.8 Å². The highest BCUT2D eigenvalue weighted by Crippen LogP contribution is 2.51. The Morgan fingerprint density at radius 2 is 1.85 bits per heavy atom. The summed E-state index contributed by atoms with van der Waals surface area (Å²) in [5, 5.41) is 5.46. The third kappa shape index (κ3) is 1.59. The molecule has 3 heteroatoms. The van der Waals surface area contributed by atoms with Gasteiger partial charge in [-0.05, 0) is 29.2 Å². The van der Waals surface area contributed by atoms with E-state index < -0.39 is 0 Å². The molecule has 0 bridgehead atoms. The molecule has 0 saturated heterocycles. The van der Waals surface area contributed by atoms with Crippen LogP contribution >= 0.6 is 11.3 Å². The highest BCUT2D eigenvalue weighted by Gasteiger charge is 2.43. The molecule has 0 amide bonds. The van der Waals surface area contributed by atoms with Crippen LogP contribution in [0.2, 0.25) is 0 Å². The van der Waals surface area contributed by atoms with Crippen molar-refractivity contribution in [1.29, 1.82) is 0 Å². The quantitative estimate of drug-likeness (QED) is 0.758. The summed E-state index contributed by atoms with van der Waals surface area (Å²) in [4.78, 5) is 4.58. The fourth-order valence-corrected chi connectivity index (χ4v) is 4.01. The van der Waals surface area contributed by atoms with Gasteiger partial charge in [-0.25, -0.2) is 4.98 Å². The van der Waals surface area contributed by atoms with Crippen LogP contribution in [-0.2, 0) is 5.41 Å². The molecule has 1 fully saturated rings. The summed E-state index contributed by atoms with van der Waals surface area (Å²) in [6, 6.07) is 15.2. The van der Waals surface area contributed by atoms with Gasteiger partial charge in [0.25, 0.3) is 0 Å². The number of benzene rings is 2. The molecule has 0 unspecified atom stereocenters. The molecule has 2 aromatic carbocycles. The smallest absolute Gasteiger partial charge is 0.180 e. The Balaban J connectivity index is 1.97. The van der Waals surface area contributed by atoms with Gasteiger partial charge >= 0.3 is 0 Å². The molecule has 4 rings (SSSR count). The SMILES string of the molecule is Nc1nc(C2(c3cccc4ccccc34)CCC2)cs1. The van der Waals surface area contributed by atoms with Gasteiger partial charge in [0, 0.05) is 10.8 Å². The third-order valence-corrected chi connectivity index (χ3v) is 5.20. The second-order valence-electron chi connectivity index (χ2n) is 5.53. The van der Waals surface area contributed by atoms with Crippen LogP contribution in [0.5, 0.6) is 0 Å². The zero-order valence-corrected chi connectivity index (χ0v) is 12.0. The van der Waals surface area contributed by atoms with Gasteiger partial charge in [-0.1, -0.05) is 48.9 Å². The number of anilines is 1. The second-order valence-corrected chi connectivity index (χ2v) is 6.42. The van der Waals surface area contributed by atoms with E-state index in [-0.39, 0.29) is 5.41 Å². The number of rotatable bonds is 2. The Bertz CT molecular complexity index is 766. The lowest BCUT2D eigenvalue weighted by Crippen LogP contribution is -2.36. The van der Waals surface area contributed by atoms with Crippen molar-refractivity contribution in [3.05, 3.63) is 59.1 Å². The Hall–Kier alpha value is -1.87. The number of nitrogen functional groups attached to an aromatic ring is 1. The molecular formula is C17H16N2S. The Morgan fingerprint density at radius 3 is 2.55 bits per heavy atom. The van der Waals surface area contributed by atoms with Crippen LogP contribution in [0, 0.1) is 0 Å². The summed E-state index contributed by atoms with van der Waals surface area (Å²) >= 11 is 1.55. The van der Waals surface area contributed by atoms with E-state index in [0.717, 1.165) is 5.69 Å². The summed E-state index contributed by atoms with van der Waals surface area (Å²) in [5.41, 5.74) is 8.50. The van der Waals surface area contributed by atoms with Crippen molar-refractivity contribution in [2.24, 2.45) is 0 Å². The molecule has 1 aliphatic rings. The monoisotopic (exact) mass is 280 g/mol. The number of nitrogens with two attached hydrogens (primary N) is 1. The van der Waals surface area contributed by atoms with Gasteiger partial charge < -0.3 is 5.73 Å². The van der Waals surface area contributed by atoms with Crippen molar-refractivity contribution in [2.45, 2.75) is 24.7 Å². The number of aromatic nitrogens is 1. The zero-order valence-electron chi connectivity index (χ0n) is 11.2. The summed E-state index contributed by atoms with van der Waals surface area (Å²) in [6.45, 7) is 0. The lowest BCUT2D eigenvalue weighted by molar-refractivity contribution is 0.297. The van der Waals surface area contributed by atoms with Crippen LogP contribution in [0.3, 0.4) is 0 Å². The van der Waals surface area contributed by atoms with Crippen molar-refractivity contribution in [2.75, 3.05) is 5.73 Å². The first-order chi connectivity index (χ1) is 9.79. The molecule has 1 aromatic heterocycles. The minimum Gasteiger partial charge on any atom is -0.375 e. The van der Waals surface area contributed by atoms with Crippen LogP contribution in [0.15, 0.2) is 47.8 Å². The number of fused-ring (bicyclic) bond motifs is 1. The molecular weight excluding hydrogens is 264 g/mol. The van der Waals surface area contributed by atoms with Gasteiger partial charge in [0.1, 0.15) is 0 Å².